The van der Waals surface area contributed by atoms with Gasteiger partial charge in [0, 0.05) is 36.6 Å². The molecule has 10 heteroatoms. The second-order valence-corrected chi connectivity index (χ2v) is 10.4. The molecule has 2 saturated heterocycles. The predicted octanol–water partition coefficient (Wildman–Crippen LogP) is 4.54. The van der Waals surface area contributed by atoms with Crippen LogP contribution in [-0.4, -0.2) is 64.0 Å². The van der Waals surface area contributed by atoms with Crippen LogP contribution >= 0.6 is 24.8 Å². The first-order valence-electron chi connectivity index (χ1n) is 12.2. The number of amides is 2. The Morgan fingerprint density at radius 2 is 1.77 bits per heavy atom. The molecule has 0 radical (unpaired) electrons. The molecule has 35 heavy (non-hydrogen) atoms. The zero-order valence-corrected chi connectivity index (χ0v) is 22.7. The molecule has 0 saturated carbocycles. The van der Waals surface area contributed by atoms with Crippen molar-refractivity contribution in [3.63, 3.8) is 0 Å². The van der Waals surface area contributed by atoms with Gasteiger partial charge in [0.25, 0.3) is 5.91 Å². The van der Waals surface area contributed by atoms with E-state index < -0.39 is 11.7 Å². The minimum atomic E-state index is -0.517. The summed E-state index contributed by atoms with van der Waals surface area (Å²) in [5.41, 5.74) is 0.895. The van der Waals surface area contributed by atoms with Gasteiger partial charge in [0.05, 0.1) is 5.52 Å². The van der Waals surface area contributed by atoms with Crippen LogP contribution in [0.2, 0.25) is 0 Å². The fourth-order valence-corrected chi connectivity index (χ4v) is 5.19. The molecule has 2 N–H and O–H groups in total. The number of carbonyl (C=O) groups is 2. The third-order valence-electron chi connectivity index (χ3n) is 6.76. The lowest BCUT2D eigenvalue weighted by Gasteiger charge is -2.47. The summed E-state index contributed by atoms with van der Waals surface area (Å²) in [6.45, 7) is 6.60. The van der Waals surface area contributed by atoms with Crippen molar-refractivity contribution in [2.24, 2.45) is 0 Å². The number of nitrogens with one attached hydrogen (secondary N) is 2. The van der Waals surface area contributed by atoms with Crippen LogP contribution in [-0.2, 0) is 11.3 Å². The van der Waals surface area contributed by atoms with Crippen LogP contribution < -0.4 is 10.6 Å². The monoisotopic (exact) mass is 527 g/mol. The second-order valence-electron chi connectivity index (χ2n) is 10.4. The molecule has 0 spiro atoms. The number of alkyl carbamates (subject to hydrolysis) is 1. The van der Waals surface area contributed by atoms with Gasteiger partial charge in [0.2, 0.25) is 0 Å². The Morgan fingerprint density at radius 3 is 2.43 bits per heavy atom. The molecule has 3 atom stereocenters. The Labute approximate surface area is 220 Å². The van der Waals surface area contributed by atoms with Crippen molar-refractivity contribution in [1.29, 1.82) is 0 Å². The average molecular weight is 529 g/mol. The zero-order chi connectivity index (χ0) is 23.6. The first kappa shape index (κ1) is 29.2. The van der Waals surface area contributed by atoms with Crippen molar-refractivity contribution >= 4 is 47.7 Å². The Bertz CT molecular complexity index is 993. The van der Waals surface area contributed by atoms with E-state index in [1.807, 2.05) is 49.7 Å². The smallest absolute Gasteiger partial charge is 0.407 e. The highest BCUT2D eigenvalue weighted by Crippen LogP contribution is 2.33. The number of nitrogens with zero attached hydrogens (tertiary/aromatic N) is 3. The normalized spacial score (nSPS) is 22.0. The fourth-order valence-electron chi connectivity index (χ4n) is 5.19. The molecule has 1 aromatic heterocycles. The van der Waals surface area contributed by atoms with Gasteiger partial charge in [-0.25, -0.2) is 4.79 Å². The summed E-state index contributed by atoms with van der Waals surface area (Å²) >= 11 is 0. The molecule has 3 heterocycles. The summed E-state index contributed by atoms with van der Waals surface area (Å²) < 4.78 is 7.14. The molecule has 8 nitrogen and oxygen atoms in total. The van der Waals surface area contributed by atoms with Crippen molar-refractivity contribution in [1.82, 2.24) is 25.3 Å². The highest BCUT2D eigenvalue weighted by Gasteiger charge is 2.36. The highest BCUT2D eigenvalue weighted by atomic mass is 35.5. The molecule has 0 aliphatic carbocycles. The predicted molar refractivity (Wildman–Crippen MR) is 143 cm³/mol. The topological polar surface area (TPSA) is 88.5 Å². The number of rotatable bonds is 6. The van der Waals surface area contributed by atoms with E-state index in [1.54, 1.807) is 0 Å². The Balaban J connectivity index is 0.00000216. The van der Waals surface area contributed by atoms with E-state index in [2.05, 4.69) is 27.7 Å². The largest absolute Gasteiger partial charge is 0.444 e. The number of benzene rings is 1. The van der Waals surface area contributed by atoms with Crippen LogP contribution in [0, 0.1) is 0 Å². The van der Waals surface area contributed by atoms with E-state index in [0.29, 0.717) is 37.3 Å². The van der Waals surface area contributed by atoms with Gasteiger partial charge in [0.15, 0.2) is 5.69 Å². The lowest BCUT2D eigenvalue weighted by molar-refractivity contribution is 0.0461. The molecule has 2 aliphatic heterocycles. The Hall–Kier alpha value is -2.03. The number of hydrogen-bond acceptors (Lipinski definition) is 5. The van der Waals surface area contributed by atoms with Crippen molar-refractivity contribution in [2.75, 3.05) is 13.6 Å². The molecule has 196 valence electrons. The molecule has 1 unspecified atom stereocenters. The number of aryl methyl sites for hydroxylation is 1. The van der Waals surface area contributed by atoms with Crippen LogP contribution in [0.1, 0.15) is 69.8 Å². The summed E-state index contributed by atoms with van der Waals surface area (Å²) in [6, 6.07) is 9.17. The van der Waals surface area contributed by atoms with Crippen molar-refractivity contribution in [3.05, 3.63) is 30.0 Å². The maximum absolute atomic E-state index is 13.2. The quantitative estimate of drug-likeness (QED) is 0.538. The van der Waals surface area contributed by atoms with Crippen molar-refractivity contribution < 1.29 is 14.3 Å². The van der Waals surface area contributed by atoms with Crippen molar-refractivity contribution in [2.45, 2.75) is 89.6 Å². The van der Waals surface area contributed by atoms with Crippen LogP contribution in [0.5, 0.6) is 0 Å². The lowest BCUT2D eigenvalue weighted by atomic mass is 9.82. The van der Waals surface area contributed by atoms with E-state index in [4.69, 9.17) is 4.74 Å². The van der Waals surface area contributed by atoms with E-state index in [0.717, 1.165) is 23.7 Å². The summed E-state index contributed by atoms with van der Waals surface area (Å²) in [5, 5.41) is 11.6. The van der Waals surface area contributed by atoms with Crippen LogP contribution in [0.3, 0.4) is 0 Å². The molecule has 4 rings (SSSR count). The van der Waals surface area contributed by atoms with Gasteiger partial charge in [-0.1, -0.05) is 24.6 Å². The number of piperidine rings is 2. The summed E-state index contributed by atoms with van der Waals surface area (Å²) in [7, 11) is 2.22. The lowest BCUT2D eigenvalue weighted by Crippen LogP contribution is -2.55. The van der Waals surface area contributed by atoms with Gasteiger partial charge >= 0.3 is 6.09 Å². The number of halogens is 2. The minimum absolute atomic E-state index is 0. The van der Waals surface area contributed by atoms with E-state index in [-0.39, 0.29) is 36.8 Å². The third kappa shape index (κ3) is 7.24. The van der Waals surface area contributed by atoms with Crippen LogP contribution in [0.4, 0.5) is 4.79 Å². The minimum Gasteiger partial charge on any atom is -0.444 e. The van der Waals surface area contributed by atoms with Gasteiger partial charge in [0.1, 0.15) is 5.60 Å². The van der Waals surface area contributed by atoms with E-state index >= 15 is 0 Å². The molecule has 2 aliphatic rings. The number of ether oxygens (including phenoxy) is 1. The maximum atomic E-state index is 13.2. The molecule has 2 aromatic rings. The Morgan fingerprint density at radius 1 is 1.11 bits per heavy atom. The standard InChI is InChI=1S/C25H37N5O3.2ClH/c1-25(2,3)33-24(32)26-13-8-14-30-21-12-6-5-11-20(21)22(28-30)23(31)27-17-15-18-9-7-10-19(16-17)29(18)4;;/h5-6,11-12,17-19H,7-10,13-16H2,1-4H3,(H,26,32)(H,27,31);2*1H/t17?,18-,19+;;. The number of para-hydroxylation sites is 1. The Kier molecular flexibility index (Phi) is 10.2. The van der Waals surface area contributed by atoms with Crippen LogP contribution in [0.15, 0.2) is 24.3 Å². The first-order valence-corrected chi connectivity index (χ1v) is 12.2. The average Bonchev–Trinajstić information content (AvgIpc) is 3.10. The van der Waals surface area contributed by atoms with Gasteiger partial charge < -0.3 is 20.3 Å². The van der Waals surface area contributed by atoms with E-state index in [9.17, 15) is 9.59 Å². The number of carbonyl (C=O) groups excluding carboxylic acids is 2. The molecule has 2 amide bonds. The van der Waals surface area contributed by atoms with Crippen LogP contribution in [0.25, 0.3) is 10.9 Å². The molecule has 1 aromatic carbocycles. The first-order chi connectivity index (χ1) is 15.7. The van der Waals surface area contributed by atoms with E-state index in [1.165, 1.54) is 19.3 Å². The van der Waals surface area contributed by atoms with Gasteiger partial charge in [-0.3, -0.25) is 9.48 Å². The van der Waals surface area contributed by atoms with Gasteiger partial charge in [-0.15, -0.1) is 24.8 Å². The van der Waals surface area contributed by atoms with Crippen molar-refractivity contribution in [3.8, 4) is 0 Å². The third-order valence-corrected chi connectivity index (χ3v) is 6.76. The second kappa shape index (κ2) is 12.3. The molecule has 2 bridgehead atoms. The van der Waals surface area contributed by atoms with Gasteiger partial charge in [-0.05, 0) is 66.0 Å². The van der Waals surface area contributed by atoms with Gasteiger partial charge in [-0.2, -0.15) is 5.10 Å². The number of hydrogen-bond donors (Lipinski definition) is 2. The number of aromatic nitrogens is 2. The summed E-state index contributed by atoms with van der Waals surface area (Å²) in [6.07, 6.45) is 6.00. The highest BCUT2D eigenvalue weighted by molar-refractivity contribution is 6.05. The number of fused-ring (bicyclic) bond motifs is 3. The molecular formula is C25H39Cl2N5O3. The summed E-state index contributed by atoms with van der Waals surface area (Å²) in [4.78, 5) is 27.6. The molecular weight excluding hydrogens is 489 g/mol. The fraction of sp³-hybridized carbons (Fsp3) is 0.640. The zero-order valence-electron chi connectivity index (χ0n) is 21.1. The maximum Gasteiger partial charge on any atom is 0.407 e. The summed E-state index contributed by atoms with van der Waals surface area (Å²) in [5.74, 6) is -0.0931. The SMILES string of the molecule is CN1[C@@H]2CCC[C@H]1CC(NC(=O)c1nn(CCCNC(=O)OC(C)(C)C)c3ccccc13)C2.Cl.Cl. The molecule has 2 fully saturated rings.